The van der Waals surface area contributed by atoms with E-state index in [9.17, 15) is 4.79 Å². The van der Waals surface area contributed by atoms with Crippen LogP contribution < -0.4 is 14.8 Å². The molecule has 1 fully saturated rings. The Morgan fingerprint density at radius 3 is 2.07 bits per heavy atom. The molecule has 10 heteroatoms. The summed E-state index contributed by atoms with van der Waals surface area (Å²) < 4.78 is 13.1. The van der Waals surface area contributed by atoms with Crippen LogP contribution in [0.25, 0.3) is 20.5 Å². The van der Waals surface area contributed by atoms with Gasteiger partial charge in [0.15, 0.2) is 0 Å². The molecule has 43 heavy (non-hydrogen) atoms. The van der Waals surface area contributed by atoms with E-state index in [0.29, 0.717) is 13.2 Å². The van der Waals surface area contributed by atoms with Crippen LogP contribution in [-0.4, -0.2) is 72.4 Å². The Kier molecular flexibility index (Phi) is 11.5. The van der Waals surface area contributed by atoms with Crippen LogP contribution >= 0.6 is 11.3 Å². The molecule has 0 spiro atoms. The second kappa shape index (κ2) is 15.7. The summed E-state index contributed by atoms with van der Waals surface area (Å²) in [4.78, 5) is 33.0. The van der Waals surface area contributed by atoms with Gasteiger partial charge >= 0.3 is 11.9 Å². The largest absolute Gasteiger partial charge is 0.492 e. The van der Waals surface area contributed by atoms with Gasteiger partial charge in [-0.15, -0.1) is 11.3 Å². The molecule has 1 aromatic heterocycles. The van der Waals surface area contributed by atoms with E-state index in [1.165, 1.54) is 64.5 Å². The van der Waals surface area contributed by atoms with E-state index in [-0.39, 0.29) is 5.91 Å². The lowest BCUT2D eigenvalue weighted by atomic mass is 9.99. The molecule has 1 aliphatic rings. The van der Waals surface area contributed by atoms with Crippen molar-refractivity contribution in [1.82, 2.24) is 10.2 Å². The first-order chi connectivity index (χ1) is 20.8. The fourth-order valence-electron chi connectivity index (χ4n) is 4.81. The van der Waals surface area contributed by atoms with Gasteiger partial charge in [0.1, 0.15) is 24.7 Å². The summed E-state index contributed by atoms with van der Waals surface area (Å²) >= 11 is 1.84. The first-order valence-electron chi connectivity index (χ1n) is 14.2. The van der Waals surface area contributed by atoms with E-state index in [4.69, 9.17) is 29.3 Å². The number of carboxylic acids is 2. The van der Waals surface area contributed by atoms with Gasteiger partial charge in [-0.05, 0) is 96.9 Å². The van der Waals surface area contributed by atoms with Crippen molar-refractivity contribution in [2.45, 2.75) is 26.2 Å². The molecule has 0 unspecified atom stereocenters. The predicted octanol–water partition coefficient (Wildman–Crippen LogP) is 5.30. The molecule has 3 aromatic carbocycles. The highest BCUT2D eigenvalue weighted by molar-refractivity contribution is 7.22. The number of hydrogen-bond donors (Lipinski definition) is 3. The molecule has 1 saturated heterocycles. The van der Waals surface area contributed by atoms with Crippen molar-refractivity contribution in [1.29, 1.82) is 0 Å². The standard InChI is InChI=1S/C31H34N2O3S.C2H2O4/c1-23(34)32-16-20-35-27-14-10-25(11-15-27)31-29(28-6-2-3-7-30(28)37-31)22-24-8-12-26(13-9-24)36-21-19-33-17-4-5-18-33;3-1(4)2(5)6/h2-3,6-15H,4-5,16-22H2,1H3,(H,32,34);(H,3,4)(H,5,6). The van der Waals surface area contributed by atoms with Gasteiger partial charge in [0.2, 0.25) is 5.91 Å². The number of nitrogens with one attached hydrogen (secondary N) is 1. The van der Waals surface area contributed by atoms with Crippen molar-refractivity contribution in [3.05, 3.63) is 83.9 Å². The summed E-state index contributed by atoms with van der Waals surface area (Å²) in [7, 11) is 0. The number of nitrogens with zero attached hydrogens (tertiary/aromatic N) is 1. The molecule has 1 aliphatic heterocycles. The maximum absolute atomic E-state index is 11.0. The lowest BCUT2D eigenvalue weighted by Gasteiger charge is -2.15. The normalized spacial score (nSPS) is 12.8. The SMILES string of the molecule is CC(=O)NCCOc1ccc(-c2sc3ccccc3c2Cc2ccc(OCCN3CCCC3)cc2)cc1.O=C(O)C(=O)O. The Hall–Kier alpha value is -4.41. The summed E-state index contributed by atoms with van der Waals surface area (Å²) in [6.07, 6.45) is 3.49. The molecule has 0 saturated carbocycles. The average Bonchev–Trinajstić information content (AvgIpc) is 3.65. The number of aliphatic carboxylic acids is 2. The topological polar surface area (TPSA) is 125 Å². The Morgan fingerprint density at radius 2 is 1.44 bits per heavy atom. The van der Waals surface area contributed by atoms with E-state index >= 15 is 0 Å². The number of benzene rings is 3. The summed E-state index contributed by atoms with van der Waals surface area (Å²) in [5.74, 6) is -1.95. The third-order valence-corrected chi connectivity index (χ3v) is 8.18. The van der Waals surface area contributed by atoms with Gasteiger partial charge in [0.25, 0.3) is 0 Å². The minimum absolute atomic E-state index is 0.0454. The predicted molar refractivity (Wildman–Crippen MR) is 167 cm³/mol. The molecule has 5 rings (SSSR count). The Bertz CT molecular complexity index is 1500. The minimum Gasteiger partial charge on any atom is -0.492 e. The van der Waals surface area contributed by atoms with Crippen LogP contribution in [0, 0.1) is 0 Å². The van der Waals surface area contributed by atoms with Crippen molar-refractivity contribution >= 4 is 39.3 Å². The van der Waals surface area contributed by atoms with Crippen LogP contribution in [0.1, 0.15) is 30.9 Å². The third kappa shape index (κ3) is 9.56. The second-order valence-electron chi connectivity index (χ2n) is 10.1. The lowest BCUT2D eigenvalue weighted by Crippen LogP contribution is -2.25. The molecule has 2 heterocycles. The number of thiophene rings is 1. The highest BCUT2D eigenvalue weighted by Crippen LogP contribution is 2.40. The molecule has 0 atom stereocenters. The zero-order valence-corrected chi connectivity index (χ0v) is 24.9. The molecule has 3 N–H and O–H groups in total. The lowest BCUT2D eigenvalue weighted by molar-refractivity contribution is -0.159. The summed E-state index contributed by atoms with van der Waals surface area (Å²) in [5, 5.41) is 18.8. The molecule has 4 aromatic rings. The van der Waals surface area contributed by atoms with E-state index in [1.807, 2.05) is 23.5 Å². The van der Waals surface area contributed by atoms with Crippen LogP contribution in [-0.2, 0) is 20.8 Å². The van der Waals surface area contributed by atoms with Crippen molar-refractivity contribution in [2.75, 3.05) is 39.4 Å². The van der Waals surface area contributed by atoms with E-state index in [2.05, 4.69) is 70.9 Å². The molecule has 0 radical (unpaired) electrons. The van der Waals surface area contributed by atoms with Crippen LogP contribution in [0.5, 0.6) is 11.5 Å². The number of rotatable bonds is 11. The van der Waals surface area contributed by atoms with Crippen LogP contribution in [0.4, 0.5) is 0 Å². The number of hydrogen-bond acceptors (Lipinski definition) is 7. The van der Waals surface area contributed by atoms with Crippen LogP contribution in [0.3, 0.4) is 0 Å². The molecular weight excluding hydrogens is 568 g/mol. The number of carboxylic acid groups (broad SMARTS) is 2. The second-order valence-corrected chi connectivity index (χ2v) is 11.1. The van der Waals surface area contributed by atoms with Crippen molar-refractivity contribution in [3.63, 3.8) is 0 Å². The summed E-state index contributed by atoms with van der Waals surface area (Å²) in [6, 6.07) is 25.5. The number of fused-ring (bicyclic) bond motifs is 1. The fourth-order valence-corrected chi connectivity index (χ4v) is 6.04. The zero-order chi connectivity index (χ0) is 30.6. The van der Waals surface area contributed by atoms with Crippen molar-refractivity contribution in [2.24, 2.45) is 0 Å². The van der Waals surface area contributed by atoms with Gasteiger partial charge in [-0.3, -0.25) is 9.69 Å². The van der Waals surface area contributed by atoms with Crippen LogP contribution in [0.2, 0.25) is 0 Å². The smallest absolute Gasteiger partial charge is 0.414 e. The van der Waals surface area contributed by atoms with Crippen molar-refractivity contribution < 1.29 is 34.1 Å². The first-order valence-corrected chi connectivity index (χ1v) is 15.0. The molecule has 226 valence electrons. The zero-order valence-electron chi connectivity index (χ0n) is 24.1. The number of carbonyl (C=O) groups is 3. The van der Waals surface area contributed by atoms with Gasteiger partial charge in [0, 0.05) is 23.0 Å². The molecule has 0 aliphatic carbocycles. The van der Waals surface area contributed by atoms with E-state index in [1.54, 1.807) is 0 Å². The average molecular weight is 605 g/mol. The third-order valence-electron chi connectivity index (χ3n) is 6.92. The highest BCUT2D eigenvalue weighted by atomic mass is 32.1. The molecule has 1 amide bonds. The first kappa shape index (κ1) is 31.5. The van der Waals surface area contributed by atoms with Gasteiger partial charge in [0.05, 0.1) is 6.54 Å². The summed E-state index contributed by atoms with van der Waals surface area (Å²) in [5.41, 5.74) is 3.81. The van der Waals surface area contributed by atoms with E-state index in [0.717, 1.165) is 31.1 Å². The van der Waals surface area contributed by atoms with Gasteiger partial charge in [-0.2, -0.15) is 0 Å². The Balaban J connectivity index is 0.000000641. The van der Waals surface area contributed by atoms with Gasteiger partial charge in [-0.25, -0.2) is 9.59 Å². The highest BCUT2D eigenvalue weighted by Gasteiger charge is 2.15. The Morgan fingerprint density at radius 1 is 0.837 bits per heavy atom. The number of amides is 1. The summed E-state index contributed by atoms with van der Waals surface area (Å²) in [6.45, 7) is 6.61. The minimum atomic E-state index is -1.82. The van der Waals surface area contributed by atoms with Gasteiger partial charge in [-0.1, -0.05) is 30.3 Å². The van der Waals surface area contributed by atoms with E-state index < -0.39 is 11.9 Å². The maximum atomic E-state index is 11.0. The van der Waals surface area contributed by atoms with Gasteiger partial charge < -0.3 is 25.0 Å². The number of carbonyl (C=O) groups excluding carboxylic acids is 1. The number of likely N-dealkylation sites (tertiary alicyclic amines) is 1. The molecule has 0 bridgehead atoms. The quantitative estimate of drug-likeness (QED) is 0.156. The number of ether oxygens (including phenoxy) is 2. The monoisotopic (exact) mass is 604 g/mol. The van der Waals surface area contributed by atoms with Crippen molar-refractivity contribution in [3.8, 4) is 21.9 Å². The molecule has 9 nitrogen and oxygen atoms in total. The Labute approximate surface area is 254 Å². The fraction of sp³-hybridized carbons (Fsp3) is 0.303. The van der Waals surface area contributed by atoms with Crippen LogP contribution in [0.15, 0.2) is 72.8 Å². The maximum Gasteiger partial charge on any atom is 0.414 e. The molecular formula is C33H36N2O7S.